The summed E-state index contributed by atoms with van der Waals surface area (Å²) in [4.78, 5) is 11.0. The first kappa shape index (κ1) is 28.6. The summed E-state index contributed by atoms with van der Waals surface area (Å²) in [5.74, 6) is -1.36. The molecule has 7 N–H and O–H groups in total. The van der Waals surface area contributed by atoms with Gasteiger partial charge in [-0.05, 0) is 41.3 Å². The Bertz CT molecular complexity index is 1050. The Kier molecular flexibility index (Phi) is 10.5. The highest BCUT2D eigenvalue weighted by atomic mass is 127. The second-order valence-electron chi connectivity index (χ2n) is 8.20. The van der Waals surface area contributed by atoms with E-state index in [2.05, 4.69) is 0 Å². The van der Waals surface area contributed by atoms with Crippen molar-refractivity contribution in [3.8, 4) is 17.2 Å². The Balaban J connectivity index is 2.35. The molecule has 0 heterocycles. The Hall–Kier alpha value is -2.64. The summed E-state index contributed by atoms with van der Waals surface area (Å²) < 4.78 is 4.01. The largest absolute Gasteiger partial charge is 0.508 e. The summed E-state index contributed by atoms with van der Waals surface area (Å²) in [5, 5.41) is 69.8. The summed E-state index contributed by atoms with van der Waals surface area (Å²) in [6.07, 6.45) is -1.27. The van der Waals surface area contributed by atoms with Crippen molar-refractivity contribution in [3.05, 3.63) is 59.2 Å². The number of alkyl halides is 1. The molecule has 0 aliphatic rings. The van der Waals surface area contributed by atoms with Gasteiger partial charge in [0.05, 0.1) is 5.56 Å². The number of ether oxygens (including phenoxy) is 1. The first-order valence-corrected chi connectivity index (χ1v) is 11.9. The number of hydrogen-bond acceptors (Lipinski definition) is 8. The van der Waals surface area contributed by atoms with E-state index in [-0.39, 0.29) is 28.7 Å². The first-order valence-electron chi connectivity index (χ1n) is 10.7. The van der Waals surface area contributed by atoms with Crippen LogP contribution in [-0.2, 0) is 4.79 Å². The molecule has 0 bridgehead atoms. The molecule has 190 valence electrons. The average Bonchev–Trinajstić information content (AvgIpc) is 2.80. The van der Waals surface area contributed by atoms with Crippen LogP contribution in [0.25, 0.3) is 18.2 Å². The molecule has 0 fully saturated rings. The van der Waals surface area contributed by atoms with E-state index in [0.29, 0.717) is 5.56 Å². The summed E-state index contributed by atoms with van der Waals surface area (Å²) in [5.41, 5.74) is 1.46. The van der Waals surface area contributed by atoms with E-state index in [0.717, 1.165) is 5.56 Å². The molecule has 0 saturated carbocycles. The minimum absolute atomic E-state index is 0.0234. The topological polar surface area (TPSA) is 168 Å². The molecule has 0 saturated heterocycles. The van der Waals surface area contributed by atoms with Crippen LogP contribution in [0.1, 0.15) is 30.5 Å². The molecule has 5 atom stereocenters. The predicted octanol–water partition coefficient (Wildman–Crippen LogP) is 2.61. The van der Waals surface area contributed by atoms with Gasteiger partial charge in [0.25, 0.3) is 0 Å². The number of aromatic hydroxyl groups is 2. The quantitative estimate of drug-likeness (QED) is 0.0888. The van der Waals surface area contributed by atoms with Crippen LogP contribution in [0.4, 0.5) is 0 Å². The van der Waals surface area contributed by atoms with Crippen LogP contribution < -0.4 is 4.74 Å². The van der Waals surface area contributed by atoms with Crippen LogP contribution in [0, 0.1) is 5.92 Å². The van der Waals surface area contributed by atoms with Gasteiger partial charge < -0.3 is 40.5 Å². The number of halogens is 1. The second-order valence-corrected chi connectivity index (χ2v) is 9.54. The number of carboxylic acid groups (broad SMARTS) is 1. The van der Waals surface area contributed by atoms with Crippen LogP contribution in [0.15, 0.2) is 42.5 Å². The number of benzene rings is 2. The number of aliphatic carboxylic acids is 1. The van der Waals surface area contributed by atoms with Crippen molar-refractivity contribution in [1.82, 2.24) is 0 Å². The molecular weight excluding hydrogens is 571 g/mol. The van der Waals surface area contributed by atoms with Crippen molar-refractivity contribution in [2.45, 2.75) is 42.4 Å². The first-order chi connectivity index (χ1) is 16.4. The van der Waals surface area contributed by atoms with Crippen molar-refractivity contribution in [2.24, 2.45) is 5.92 Å². The molecule has 2 aromatic carbocycles. The van der Waals surface area contributed by atoms with E-state index in [9.17, 15) is 35.4 Å². The number of phenols is 2. The van der Waals surface area contributed by atoms with Gasteiger partial charge in [-0.1, -0.05) is 72.9 Å². The molecule has 2 unspecified atom stereocenters. The van der Waals surface area contributed by atoms with Gasteiger partial charge in [-0.2, -0.15) is 0 Å². The molecule has 35 heavy (non-hydrogen) atoms. The Morgan fingerprint density at radius 1 is 0.886 bits per heavy atom. The Morgan fingerprint density at radius 2 is 1.49 bits per heavy atom. The fraction of sp³-hybridized carbons (Fsp3) is 0.320. The number of phenolic OH excluding ortho intramolecular Hbond substituents is 2. The predicted molar refractivity (Wildman–Crippen MR) is 139 cm³/mol. The van der Waals surface area contributed by atoms with Crippen molar-refractivity contribution in [3.63, 3.8) is 0 Å². The molecule has 0 aliphatic carbocycles. The highest BCUT2D eigenvalue weighted by molar-refractivity contribution is 14.1. The maximum Gasteiger partial charge on any atom is 0.319 e. The third-order valence-corrected chi connectivity index (χ3v) is 6.20. The van der Waals surface area contributed by atoms with Gasteiger partial charge in [0, 0.05) is 0 Å². The summed E-state index contributed by atoms with van der Waals surface area (Å²) >= 11 is 1.39. The minimum atomic E-state index is -2.06. The number of hydrogen-bond donors (Lipinski definition) is 7. The summed E-state index contributed by atoms with van der Waals surface area (Å²) in [7, 11) is 0. The van der Waals surface area contributed by atoms with Crippen LogP contribution in [-0.4, -0.2) is 70.2 Å². The number of aliphatic hydroxyl groups excluding tert-OH is 4. The van der Waals surface area contributed by atoms with E-state index in [1.807, 2.05) is 13.8 Å². The standard InChI is InChI=1S/C25H29IO9/c1-13(2)3-10-17-18(28)11-15(5-4-14-6-8-16(27)9-7-14)12-19(17)35-25(34)23(31)22(30)21(29)20(26)24(32)33/h3-13,20-23,25,27-31,34H,1-2H3,(H,32,33)/b5-4+,10-3+/t20?,21-,22?,23+,25+/m1/s1. The normalized spacial score (nSPS) is 16.3. The maximum absolute atomic E-state index is 11.0. The average molecular weight is 600 g/mol. The lowest BCUT2D eigenvalue weighted by Crippen LogP contribution is -2.50. The summed E-state index contributed by atoms with van der Waals surface area (Å²) in [6.45, 7) is 3.84. The molecule has 10 heteroatoms. The van der Waals surface area contributed by atoms with Crippen LogP contribution >= 0.6 is 22.6 Å². The van der Waals surface area contributed by atoms with Gasteiger partial charge in [-0.25, -0.2) is 0 Å². The Morgan fingerprint density at radius 3 is 2.06 bits per heavy atom. The molecule has 9 nitrogen and oxygen atoms in total. The van der Waals surface area contributed by atoms with Crippen molar-refractivity contribution in [1.29, 1.82) is 0 Å². The number of carboxylic acids is 1. The number of carbonyl (C=O) groups is 1. The molecule has 0 radical (unpaired) electrons. The molecule has 0 amide bonds. The third kappa shape index (κ3) is 8.22. The fourth-order valence-corrected chi connectivity index (χ4v) is 3.38. The SMILES string of the molecule is CC(C)/C=C/c1c(O)cc(/C=C/c2ccc(O)cc2)cc1O[C@H](O)[C@@H](O)C(O)[C@H](O)C(I)C(=O)O. The lowest BCUT2D eigenvalue weighted by atomic mass is 10.0. The molecular formula is C25H29IO9. The number of aliphatic hydroxyl groups is 4. The Labute approximate surface area is 216 Å². The van der Waals surface area contributed by atoms with Gasteiger partial charge in [0.1, 0.15) is 39.5 Å². The summed E-state index contributed by atoms with van der Waals surface area (Å²) in [6, 6.07) is 9.38. The van der Waals surface area contributed by atoms with E-state index >= 15 is 0 Å². The lowest BCUT2D eigenvalue weighted by Gasteiger charge is -2.28. The van der Waals surface area contributed by atoms with E-state index < -0.39 is 34.5 Å². The van der Waals surface area contributed by atoms with Gasteiger partial charge in [0.2, 0.25) is 6.29 Å². The highest BCUT2D eigenvalue weighted by Gasteiger charge is 2.38. The maximum atomic E-state index is 11.0. The molecule has 2 aromatic rings. The molecule has 0 spiro atoms. The van der Waals surface area contributed by atoms with Gasteiger partial charge in [0.15, 0.2) is 0 Å². The zero-order valence-corrected chi connectivity index (χ0v) is 21.2. The van der Waals surface area contributed by atoms with Crippen molar-refractivity contribution < 1.29 is 45.3 Å². The smallest absolute Gasteiger partial charge is 0.319 e. The number of rotatable bonds is 11. The van der Waals surface area contributed by atoms with Crippen molar-refractivity contribution >= 4 is 46.8 Å². The molecule has 0 aromatic heterocycles. The zero-order chi connectivity index (χ0) is 26.3. The third-order valence-electron chi connectivity index (χ3n) is 4.93. The molecule has 2 rings (SSSR count). The molecule has 0 aliphatic heterocycles. The van der Waals surface area contributed by atoms with Gasteiger partial charge >= 0.3 is 5.97 Å². The van der Waals surface area contributed by atoms with Crippen LogP contribution in [0.2, 0.25) is 0 Å². The lowest BCUT2D eigenvalue weighted by molar-refractivity contribution is -0.168. The highest BCUT2D eigenvalue weighted by Crippen LogP contribution is 2.33. The monoisotopic (exact) mass is 600 g/mol. The second kappa shape index (κ2) is 12.9. The van der Waals surface area contributed by atoms with Gasteiger partial charge in [-0.15, -0.1) is 0 Å². The van der Waals surface area contributed by atoms with E-state index in [4.69, 9.17) is 9.84 Å². The number of allylic oxidation sites excluding steroid dienone is 1. The van der Waals surface area contributed by atoms with Gasteiger partial charge in [-0.3, -0.25) is 4.79 Å². The van der Waals surface area contributed by atoms with Crippen molar-refractivity contribution in [2.75, 3.05) is 0 Å². The fourth-order valence-electron chi connectivity index (χ4n) is 2.95. The van der Waals surface area contributed by atoms with Crippen LogP contribution in [0.3, 0.4) is 0 Å². The van der Waals surface area contributed by atoms with E-state index in [1.165, 1.54) is 46.9 Å². The van der Waals surface area contributed by atoms with Crippen LogP contribution in [0.5, 0.6) is 17.2 Å². The minimum Gasteiger partial charge on any atom is -0.508 e. The van der Waals surface area contributed by atoms with E-state index in [1.54, 1.807) is 36.4 Å². The zero-order valence-electron chi connectivity index (χ0n) is 19.1.